The van der Waals surface area contributed by atoms with Crippen LogP contribution in [0.3, 0.4) is 0 Å². The lowest BCUT2D eigenvalue weighted by Gasteiger charge is -2.41. The molecule has 49 heavy (non-hydrogen) atoms. The molecule has 0 atom stereocenters. The predicted molar refractivity (Wildman–Crippen MR) is 125 cm³/mol. The maximum Gasteiger partial charge on any atom is 0.460 e. The number of hydrogen-bond donors (Lipinski definition) is 0. The van der Waals surface area contributed by atoms with Crippen molar-refractivity contribution in [2.45, 2.75) is 55.6 Å². The van der Waals surface area contributed by atoms with Crippen LogP contribution in [0.5, 0.6) is 5.75 Å². The standard InChI is InChI=1S/C25H11F17N2O5/c1-8-5-13(45)43(17(8)47)11-4-3-10(7-12(11)44-14(46)6-9(2)18(44)48)49-16(27)15(26)19(28,29)20(30,31)21(32,33)22(34,35)23(36,37)24(38,39)25(40,41)42/h3-7H,1-2H3. The van der Waals surface area contributed by atoms with Crippen molar-refractivity contribution in [1.82, 2.24) is 0 Å². The molecule has 2 heterocycles. The molecule has 0 fully saturated rings. The molecule has 0 aliphatic carbocycles. The minimum atomic E-state index is -8.77. The molecule has 4 amide bonds. The van der Waals surface area contributed by atoms with Crippen molar-refractivity contribution < 1.29 is 98.6 Å². The summed E-state index contributed by atoms with van der Waals surface area (Å²) in [5, 5.41) is 0. The third kappa shape index (κ3) is 5.47. The molecule has 0 spiro atoms. The minimum Gasteiger partial charge on any atom is -0.430 e. The minimum absolute atomic E-state index is 0.117. The molecular weight excluding hydrogens is 731 g/mol. The SMILES string of the molecule is CC1=CC(=O)N(c2ccc(OC(F)=C(F)C(F)(F)C(F)(F)C(F)(F)C(F)(F)C(F)(F)C(F)(F)C(F)(F)F)cc2N2C(=O)C=C(C)C2=O)C1=O. The third-order valence-electron chi connectivity index (χ3n) is 6.61. The number of anilines is 2. The summed E-state index contributed by atoms with van der Waals surface area (Å²) in [5.74, 6) is -61.6. The molecule has 24 heteroatoms. The summed E-state index contributed by atoms with van der Waals surface area (Å²) in [7, 11) is 0. The molecular formula is C25H11F17N2O5. The fourth-order valence-electron chi connectivity index (χ4n) is 3.94. The van der Waals surface area contributed by atoms with Gasteiger partial charge in [0.1, 0.15) is 5.75 Å². The highest BCUT2D eigenvalue weighted by Crippen LogP contribution is 2.63. The van der Waals surface area contributed by atoms with E-state index in [1.165, 1.54) is 0 Å². The van der Waals surface area contributed by atoms with Crippen molar-refractivity contribution in [3.05, 3.63) is 53.3 Å². The van der Waals surface area contributed by atoms with Crippen LogP contribution >= 0.6 is 0 Å². The van der Waals surface area contributed by atoms with Crippen LogP contribution in [0, 0.1) is 0 Å². The number of amides is 4. The van der Waals surface area contributed by atoms with E-state index in [9.17, 15) is 93.8 Å². The van der Waals surface area contributed by atoms with Gasteiger partial charge in [0.2, 0.25) is 5.83 Å². The second-order valence-corrected chi connectivity index (χ2v) is 9.90. The quantitative estimate of drug-likeness (QED) is 0.144. The molecule has 3 rings (SSSR count). The summed E-state index contributed by atoms with van der Waals surface area (Å²) < 4.78 is 234. The zero-order valence-electron chi connectivity index (χ0n) is 23.2. The highest BCUT2D eigenvalue weighted by molar-refractivity contribution is 6.35. The van der Waals surface area contributed by atoms with Gasteiger partial charge in [-0.05, 0) is 26.0 Å². The van der Waals surface area contributed by atoms with Gasteiger partial charge in [-0.1, -0.05) is 0 Å². The van der Waals surface area contributed by atoms with Gasteiger partial charge in [-0.15, -0.1) is 0 Å². The Bertz CT molecular complexity index is 1730. The number of imide groups is 2. The summed E-state index contributed by atoms with van der Waals surface area (Å²) in [4.78, 5) is 50.1. The summed E-state index contributed by atoms with van der Waals surface area (Å²) >= 11 is 0. The first-order valence-electron chi connectivity index (χ1n) is 12.2. The number of allylic oxidation sites excluding steroid dienone is 1. The Morgan fingerprint density at radius 1 is 0.571 bits per heavy atom. The Kier molecular flexibility index (Phi) is 9.06. The number of carbonyl (C=O) groups excluding carboxylic acids is 4. The first-order valence-corrected chi connectivity index (χ1v) is 12.2. The van der Waals surface area contributed by atoms with Gasteiger partial charge in [-0.25, -0.2) is 9.80 Å². The second-order valence-electron chi connectivity index (χ2n) is 9.90. The van der Waals surface area contributed by atoms with Crippen LogP contribution in [0.1, 0.15) is 13.8 Å². The summed E-state index contributed by atoms with van der Waals surface area (Å²) in [6, 6.07) is -2.90. The van der Waals surface area contributed by atoms with Gasteiger partial charge >= 0.3 is 47.7 Å². The summed E-state index contributed by atoms with van der Waals surface area (Å²) in [6.45, 7) is 2.15. The number of carbonyl (C=O) groups is 4. The molecule has 0 N–H and O–H groups in total. The first-order chi connectivity index (χ1) is 21.8. The lowest BCUT2D eigenvalue weighted by atomic mass is 9.91. The maximum absolute atomic E-state index is 14.4. The Labute approximate surface area is 258 Å². The zero-order valence-corrected chi connectivity index (χ0v) is 23.2. The van der Waals surface area contributed by atoms with Crippen molar-refractivity contribution >= 4 is 35.0 Å². The molecule has 0 unspecified atom stereocenters. The lowest BCUT2D eigenvalue weighted by Crippen LogP contribution is -2.72. The molecule has 2 aliphatic heterocycles. The molecule has 0 saturated carbocycles. The van der Waals surface area contributed by atoms with Crippen LogP contribution in [0.25, 0.3) is 0 Å². The number of hydrogen-bond acceptors (Lipinski definition) is 5. The monoisotopic (exact) mass is 742 g/mol. The number of halogens is 17. The second kappa shape index (κ2) is 11.5. The van der Waals surface area contributed by atoms with Gasteiger partial charge in [0, 0.05) is 29.4 Å². The van der Waals surface area contributed by atoms with Crippen LogP contribution < -0.4 is 14.5 Å². The average molecular weight is 742 g/mol. The van der Waals surface area contributed by atoms with Crippen molar-refractivity contribution in [2.24, 2.45) is 0 Å². The molecule has 1 aromatic carbocycles. The fourth-order valence-corrected chi connectivity index (χ4v) is 3.94. The van der Waals surface area contributed by atoms with Crippen LogP contribution in [0.4, 0.5) is 86.0 Å². The summed E-state index contributed by atoms with van der Waals surface area (Å²) in [6.07, 6.45) is -6.51. The van der Waals surface area contributed by atoms with E-state index < -0.39 is 94.3 Å². The fraction of sp³-hybridized carbons (Fsp3) is 0.360. The Hall–Kier alpha value is -4.67. The number of rotatable bonds is 10. The van der Waals surface area contributed by atoms with Gasteiger partial charge in [-0.2, -0.15) is 74.6 Å². The van der Waals surface area contributed by atoms with E-state index >= 15 is 0 Å². The van der Waals surface area contributed by atoms with Gasteiger partial charge in [0.05, 0.1) is 11.4 Å². The van der Waals surface area contributed by atoms with Crippen LogP contribution in [-0.4, -0.2) is 65.3 Å². The van der Waals surface area contributed by atoms with Gasteiger partial charge in [0.15, 0.2) is 0 Å². The Morgan fingerprint density at radius 2 is 0.959 bits per heavy atom. The Morgan fingerprint density at radius 3 is 1.35 bits per heavy atom. The van der Waals surface area contributed by atoms with Crippen LogP contribution in [0.2, 0.25) is 0 Å². The van der Waals surface area contributed by atoms with Crippen molar-refractivity contribution in [2.75, 3.05) is 9.80 Å². The van der Waals surface area contributed by atoms with E-state index in [4.69, 9.17) is 0 Å². The largest absolute Gasteiger partial charge is 0.460 e. The topological polar surface area (TPSA) is 84.0 Å². The molecule has 0 saturated heterocycles. The zero-order chi connectivity index (χ0) is 38.2. The van der Waals surface area contributed by atoms with Crippen molar-refractivity contribution in [3.63, 3.8) is 0 Å². The highest BCUT2D eigenvalue weighted by atomic mass is 19.4. The van der Waals surface area contributed by atoms with Crippen LogP contribution in [-0.2, 0) is 19.2 Å². The van der Waals surface area contributed by atoms with Crippen molar-refractivity contribution in [3.8, 4) is 5.75 Å². The number of benzene rings is 1. The maximum atomic E-state index is 14.4. The first kappa shape index (κ1) is 38.8. The van der Waals surface area contributed by atoms with E-state index in [2.05, 4.69) is 4.74 Å². The molecule has 0 aromatic heterocycles. The number of alkyl halides is 15. The average Bonchev–Trinajstić information content (AvgIpc) is 3.36. The number of ether oxygens (including phenoxy) is 1. The third-order valence-corrected chi connectivity index (χ3v) is 6.61. The Balaban J connectivity index is 2.11. The molecule has 1 aromatic rings. The van der Waals surface area contributed by atoms with E-state index in [1.54, 1.807) is 0 Å². The van der Waals surface area contributed by atoms with E-state index in [0.29, 0.717) is 12.1 Å². The normalized spacial score (nSPS) is 17.9. The van der Waals surface area contributed by atoms with Crippen molar-refractivity contribution in [1.29, 1.82) is 0 Å². The van der Waals surface area contributed by atoms with E-state index in [-0.39, 0.29) is 33.1 Å². The molecule has 0 radical (unpaired) electrons. The molecule has 7 nitrogen and oxygen atoms in total. The van der Waals surface area contributed by atoms with E-state index in [0.717, 1.165) is 19.9 Å². The molecule has 0 bridgehead atoms. The molecule has 270 valence electrons. The van der Waals surface area contributed by atoms with E-state index in [1.807, 2.05) is 0 Å². The summed E-state index contributed by atoms with van der Waals surface area (Å²) in [5.41, 5.74) is -2.30. The van der Waals surface area contributed by atoms with Gasteiger partial charge in [0.25, 0.3) is 23.6 Å². The lowest BCUT2D eigenvalue weighted by molar-refractivity contribution is -0.451. The van der Waals surface area contributed by atoms with Gasteiger partial charge in [-0.3, -0.25) is 19.2 Å². The number of nitrogens with zero attached hydrogens (tertiary/aromatic N) is 2. The smallest absolute Gasteiger partial charge is 0.430 e. The van der Waals surface area contributed by atoms with Crippen LogP contribution in [0.15, 0.2) is 53.3 Å². The van der Waals surface area contributed by atoms with Gasteiger partial charge < -0.3 is 4.74 Å². The molecule has 2 aliphatic rings. The predicted octanol–water partition coefficient (Wildman–Crippen LogP) is 7.19. The highest BCUT2D eigenvalue weighted by Gasteiger charge is 2.94.